The van der Waals surface area contributed by atoms with Crippen molar-refractivity contribution in [1.82, 2.24) is 0 Å². The quantitative estimate of drug-likeness (QED) is 0.784. The summed E-state index contributed by atoms with van der Waals surface area (Å²) in [6, 6.07) is 3.75. The minimum absolute atomic E-state index is 0.221. The van der Waals surface area contributed by atoms with Crippen molar-refractivity contribution in [3.05, 3.63) is 46.0 Å². The summed E-state index contributed by atoms with van der Waals surface area (Å²) in [7, 11) is -4.64. The molecule has 7 nitrogen and oxygen atoms in total. The van der Waals surface area contributed by atoms with E-state index < -0.39 is 43.7 Å². The van der Waals surface area contributed by atoms with Gasteiger partial charge in [0.2, 0.25) is 0 Å². The largest absolute Gasteiger partial charge is 0.384 e. The third-order valence-corrected chi connectivity index (χ3v) is 6.26. The van der Waals surface area contributed by atoms with Gasteiger partial charge in [-0.2, -0.15) is 4.31 Å². The highest BCUT2D eigenvalue weighted by Crippen LogP contribution is 2.35. The third kappa shape index (κ3) is 3.66. The molecule has 0 aliphatic heterocycles. The number of amides is 2. The van der Waals surface area contributed by atoms with Gasteiger partial charge in [0, 0.05) is 0 Å². The van der Waals surface area contributed by atoms with Crippen LogP contribution in [0.5, 0.6) is 0 Å². The van der Waals surface area contributed by atoms with Crippen molar-refractivity contribution >= 4 is 49.8 Å². The Balaban J connectivity index is 2.73. The number of nitrogens with two attached hydrogens (primary N) is 1. The summed E-state index contributed by atoms with van der Waals surface area (Å²) in [6.45, 7) is 1.06. The van der Waals surface area contributed by atoms with E-state index in [0.29, 0.717) is 0 Å². The molecule has 0 saturated carbocycles. The first kappa shape index (κ1) is 19.3. The Morgan fingerprint density at radius 3 is 2.52 bits per heavy atom. The zero-order valence-corrected chi connectivity index (χ0v) is 15.0. The summed E-state index contributed by atoms with van der Waals surface area (Å²) >= 11 is 6.56. The molecule has 134 valence electrons. The lowest BCUT2D eigenvalue weighted by molar-refractivity contribution is -0.124. The molecule has 2 aromatic rings. The van der Waals surface area contributed by atoms with Crippen molar-refractivity contribution in [1.29, 1.82) is 0 Å². The number of aliphatic hydroxyl groups is 1. The highest BCUT2D eigenvalue weighted by atomic mass is 35.5. The molecule has 0 spiro atoms. The predicted octanol–water partition coefficient (Wildman–Crippen LogP) is 1.74. The van der Waals surface area contributed by atoms with E-state index in [9.17, 15) is 27.5 Å². The molecule has 3 N–H and O–H groups in total. The summed E-state index contributed by atoms with van der Waals surface area (Å²) in [5.41, 5.74) is 4.98. The average Bonchev–Trinajstić information content (AvgIpc) is 2.95. The number of aliphatic hydroxyl groups excluding tert-OH is 1. The molecule has 0 saturated heterocycles. The van der Waals surface area contributed by atoms with Crippen LogP contribution in [0.2, 0.25) is 5.02 Å². The number of carbonyl (C=O) groups excluding carboxylic acids is 2. The van der Waals surface area contributed by atoms with E-state index in [1.807, 2.05) is 0 Å². The van der Waals surface area contributed by atoms with Gasteiger partial charge in [-0.25, -0.2) is 12.8 Å². The van der Waals surface area contributed by atoms with Gasteiger partial charge >= 0.3 is 0 Å². The molecular formula is C14H12ClFN2O5S2. The van der Waals surface area contributed by atoms with E-state index >= 15 is 0 Å². The SMILES string of the molecule is C[C@H](O)C(=O)N(c1sccc1C(N)=O)S(=O)(=O)c1ccc(F)cc1Cl. The molecule has 1 heterocycles. The van der Waals surface area contributed by atoms with Crippen LogP contribution in [0.25, 0.3) is 0 Å². The summed E-state index contributed by atoms with van der Waals surface area (Å²) in [6.07, 6.45) is -1.70. The Bertz CT molecular complexity index is 942. The van der Waals surface area contributed by atoms with Gasteiger partial charge in [-0.05, 0) is 36.6 Å². The molecule has 0 aliphatic rings. The van der Waals surface area contributed by atoms with Crippen molar-refractivity contribution < 1.29 is 27.5 Å². The maximum atomic E-state index is 13.2. The summed E-state index contributed by atoms with van der Waals surface area (Å²) in [4.78, 5) is 23.3. The first-order valence-electron chi connectivity index (χ1n) is 6.67. The molecule has 0 fully saturated rings. The Kier molecular flexibility index (Phi) is 5.47. The molecule has 0 aliphatic carbocycles. The topological polar surface area (TPSA) is 118 Å². The monoisotopic (exact) mass is 406 g/mol. The Morgan fingerprint density at radius 2 is 2.00 bits per heavy atom. The molecule has 25 heavy (non-hydrogen) atoms. The second-order valence-corrected chi connectivity index (χ2v) is 7.92. The maximum absolute atomic E-state index is 13.2. The summed E-state index contributed by atoms with van der Waals surface area (Å²) in [5.74, 6) is -2.95. The number of hydrogen-bond acceptors (Lipinski definition) is 6. The fraction of sp³-hybridized carbons (Fsp3) is 0.143. The van der Waals surface area contributed by atoms with E-state index in [1.165, 1.54) is 11.4 Å². The van der Waals surface area contributed by atoms with Gasteiger partial charge in [0.1, 0.15) is 21.8 Å². The number of benzene rings is 1. The molecule has 2 amide bonds. The standard InChI is InChI=1S/C14H12ClFN2O5S2/c1-7(19)13(21)18(14-9(12(17)20)4-5-24-14)25(22,23)11-3-2-8(16)6-10(11)15/h2-7,19H,1H3,(H2,17,20)/t7-/m0/s1. The first-order chi connectivity index (χ1) is 11.6. The molecule has 1 aromatic carbocycles. The fourth-order valence-corrected chi connectivity index (χ4v) is 5.07. The van der Waals surface area contributed by atoms with Crippen LogP contribution < -0.4 is 10.0 Å². The van der Waals surface area contributed by atoms with Crippen LogP contribution in [0, 0.1) is 5.82 Å². The number of halogens is 2. The van der Waals surface area contributed by atoms with Crippen LogP contribution in [0.4, 0.5) is 9.39 Å². The van der Waals surface area contributed by atoms with Gasteiger partial charge in [0.25, 0.3) is 21.8 Å². The molecular weight excluding hydrogens is 395 g/mol. The van der Waals surface area contributed by atoms with E-state index in [2.05, 4.69) is 0 Å². The second kappa shape index (κ2) is 7.08. The second-order valence-electron chi connectivity index (χ2n) is 4.86. The van der Waals surface area contributed by atoms with Crippen molar-refractivity contribution in [2.75, 3.05) is 4.31 Å². The highest BCUT2D eigenvalue weighted by Gasteiger charge is 2.37. The molecule has 0 unspecified atom stereocenters. The maximum Gasteiger partial charge on any atom is 0.273 e. The van der Waals surface area contributed by atoms with Crippen LogP contribution in [0.15, 0.2) is 34.5 Å². The number of anilines is 1. The van der Waals surface area contributed by atoms with Crippen molar-refractivity contribution in [3.8, 4) is 0 Å². The lowest BCUT2D eigenvalue weighted by Crippen LogP contribution is -2.42. The van der Waals surface area contributed by atoms with Crippen LogP contribution in [0.3, 0.4) is 0 Å². The van der Waals surface area contributed by atoms with Gasteiger partial charge in [-0.15, -0.1) is 11.3 Å². The number of nitrogens with zero attached hydrogens (tertiary/aromatic N) is 1. The zero-order valence-electron chi connectivity index (χ0n) is 12.6. The Morgan fingerprint density at radius 1 is 1.36 bits per heavy atom. The lowest BCUT2D eigenvalue weighted by atomic mass is 10.3. The number of carbonyl (C=O) groups is 2. The molecule has 0 bridgehead atoms. The van der Waals surface area contributed by atoms with E-state index in [0.717, 1.165) is 36.5 Å². The van der Waals surface area contributed by atoms with E-state index in [-0.39, 0.29) is 14.9 Å². The number of rotatable bonds is 5. The lowest BCUT2D eigenvalue weighted by Gasteiger charge is -2.23. The normalized spacial score (nSPS) is 12.6. The molecule has 1 aromatic heterocycles. The minimum atomic E-state index is -4.64. The van der Waals surface area contributed by atoms with E-state index in [1.54, 1.807) is 0 Å². The van der Waals surface area contributed by atoms with Gasteiger partial charge in [0.15, 0.2) is 0 Å². The Labute approximate surface area is 151 Å². The van der Waals surface area contributed by atoms with Crippen LogP contribution in [-0.2, 0) is 14.8 Å². The summed E-state index contributed by atoms with van der Waals surface area (Å²) in [5, 5.41) is 10.2. The van der Waals surface area contributed by atoms with Crippen molar-refractivity contribution in [3.63, 3.8) is 0 Å². The highest BCUT2D eigenvalue weighted by molar-refractivity contribution is 7.94. The first-order valence-corrected chi connectivity index (χ1v) is 9.36. The van der Waals surface area contributed by atoms with Gasteiger partial charge in [-0.3, -0.25) is 9.59 Å². The fourth-order valence-electron chi connectivity index (χ4n) is 1.93. The number of hydrogen-bond donors (Lipinski definition) is 2. The van der Waals surface area contributed by atoms with Gasteiger partial charge < -0.3 is 10.8 Å². The smallest absolute Gasteiger partial charge is 0.273 e. The van der Waals surface area contributed by atoms with Crippen molar-refractivity contribution in [2.24, 2.45) is 5.73 Å². The molecule has 11 heteroatoms. The third-order valence-electron chi connectivity index (χ3n) is 3.06. The Hall–Kier alpha value is -2.01. The van der Waals surface area contributed by atoms with E-state index in [4.69, 9.17) is 17.3 Å². The zero-order chi connectivity index (χ0) is 18.9. The van der Waals surface area contributed by atoms with Crippen LogP contribution in [-0.4, -0.2) is 31.4 Å². The summed E-state index contributed by atoms with van der Waals surface area (Å²) < 4.78 is 39.3. The van der Waals surface area contributed by atoms with Crippen molar-refractivity contribution in [2.45, 2.75) is 17.9 Å². The molecule has 1 atom stereocenters. The predicted molar refractivity (Wildman–Crippen MR) is 90.6 cm³/mol. The minimum Gasteiger partial charge on any atom is -0.384 e. The van der Waals surface area contributed by atoms with Gasteiger partial charge in [0.05, 0.1) is 10.6 Å². The molecule has 2 rings (SSSR count). The number of thiophene rings is 1. The number of primary amides is 1. The average molecular weight is 407 g/mol. The number of sulfonamides is 1. The van der Waals surface area contributed by atoms with Crippen LogP contribution in [0.1, 0.15) is 17.3 Å². The van der Waals surface area contributed by atoms with Gasteiger partial charge in [-0.1, -0.05) is 11.6 Å². The van der Waals surface area contributed by atoms with Crippen LogP contribution >= 0.6 is 22.9 Å². The molecule has 0 radical (unpaired) electrons.